The molecule has 0 spiro atoms. The summed E-state index contributed by atoms with van der Waals surface area (Å²) in [6.07, 6.45) is -3.37. The van der Waals surface area contributed by atoms with Crippen molar-refractivity contribution in [3.05, 3.63) is 33.2 Å². The van der Waals surface area contributed by atoms with Crippen molar-refractivity contribution in [2.75, 3.05) is 7.11 Å². The standard InChI is InChI=1S/C10H12F2N2O3/c1-17-8(16)3-6-7(15)2-5(4-13)14-9(6)10(11)12/h2,10H,3-4,13H2,1H3,(H,14,15). The molecule has 0 atom stereocenters. The third-order valence-corrected chi connectivity index (χ3v) is 2.21. The number of methoxy groups -OCH3 is 1. The zero-order valence-electron chi connectivity index (χ0n) is 9.13. The molecule has 3 N–H and O–H groups in total. The van der Waals surface area contributed by atoms with Crippen LogP contribution in [0.15, 0.2) is 10.9 Å². The van der Waals surface area contributed by atoms with Gasteiger partial charge in [-0.15, -0.1) is 0 Å². The largest absolute Gasteiger partial charge is 0.469 e. The van der Waals surface area contributed by atoms with Gasteiger partial charge in [0.05, 0.1) is 19.2 Å². The second-order valence-corrected chi connectivity index (χ2v) is 3.31. The molecule has 7 heteroatoms. The molecule has 1 heterocycles. The van der Waals surface area contributed by atoms with Crippen LogP contribution >= 0.6 is 0 Å². The summed E-state index contributed by atoms with van der Waals surface area (Å²) in [6, 6.07) is 1.10. The van der Waals surface area contributed by atoms with Crippen LogP contribution in [0.4, 0.5) is 8.78 Å². The van der Waals surface area contributed by atoms with E-state index in [4.69, 9.17) is 5.73 Å². The van der Waals surface area contributed by atoms with Gasteiger partial charge < -0.3 is 15.5 Å². The second-order valence-electron chi connectivity index (χ2n) is 3.31. The quantitative estimate of drug-likeness (QED) is 0.757. The molecule has 0 radical (unpaired) electrons. The van der Waals surface area contributed by atoms with E-state index in [0.717, 1.165) is 13.2 Å². The molecule has 0 aliphatic rings. The molecule has 0 aliphatic carbocycles. The summed E-state index contributed by atoms with van der Waals surface area (Å²) >= 11 is 0. The molecular weight excluding hydrogens is 234 g/mol. The third-order valence-electron chi connectivity index (χ3n) is 2.21. The van der Waals surface area contributed by atoms with Gasteiger partial charge in [-0.3, -0.25) is 9.59 Å². The predicted octanol–water partition coefficient (Wildman–Crippen LogP) is 0.487. The fourth-order valence-corrected chi connectivity index (χ4v) is 1.36. The van der Waals surface area contributed by atoms with Crippen molar-refractivity contribution in [2.24, 2.45) is 5.73 Å². The highest BCUT2D eigenvalue weighted by Crippen LogP contribution is 2.19. The van der Waals surface area contributed by atoms with Gasteiger partial charge in [0, 0.05) is 23.9 Å². The molecule has 0 aliphatic heterocycles. The molecule has 0 unspecified atom stereocenters. The lowest BCUT2D eigenvalue weighted by molar-refractivity contribution is -0.139. The van der Waals surface area contributed by atoms with Gasteiger partial charge in [0.1, 0.15) is 0 Å². The van der Waals surface area contributed by atoms with E-state index in [1.54, 1.807) is 0 Å². The number of nitrogens with one attached hydrogen (secondary N) is 1. The molecule has 17 heavy (non-hydrogen) atoms. The minimum absolute atomic E-state index is 0.0620. The number of hydrogen-bond acceptors (Lipinski definition) is 4. The first-order valence-corrected chi connectivity index (χ1v) is 4.79. The van der Waals surface area contributed by atoms with E-state index < -0.39 is 29.9 Å². The van der Waals surface area contributed by atoms with Gasteiger partial charge in [0.2, 0.25) is 0 Å². The number of nitrogens with two attached hydrogens (primary N) is 1. The number of hydrogen-bond donors (Lipinski definition) is 2. The van der Waals surface area contributed by atoms with Crippen LogP contribution in [0, 0.1) is 0 Å². The fourth-order valence-electron chi connectivity index (χ4n) is 1.36. The Balaban J connectivity index is 3.27. The number of rotatable bonds is 4. The van der Waals surface area contributed by atoms with E-state index in [-0.39, 0.29) is 17.8 Å². The first kappa shape index (κ1) is 13.3. The minimum Gasteiger partial charge on any atom is -0.469 e. The average Bonchev–Trinajstić information content (AvgIpc) is 2.30. The SMILES string of the molecule is COC(=O)Cc1c(C(F)F)[nH]c(CN)cc1=O. The zero-order valence-corrected chi connectivity index (χ0v) is 9.13. The van der Waals surface area contributed by atoms with Gasteiger partial charge >= 0.3 is 5.97 Å². The van der Waals surface area contributed by atoms with Gasteiger partial charge in [-0.1, -0.05) is 0 Å². The molecule has 0 saturated heterocycles. The van der Waals surface area contributed by atoms with Gasteiger partial charge in [-0.2, -0.15) is 0 Å². The highest BCUT2D eigenvalue weighted by Gasteiger charge is 2.20. The fraction of sp³-hybridized carbons (Fsp3) is 0.400. The Kier molecular flexibility index (Phi) is 4.33. The van der Waals surface area contributed by atoms with E-state index in [0.29, 0.717) is 0 Å². The molecule has 1 aromatic heterocycles. The first-order valence-electron chi connectivity index (χ1n) is 4.79. The van der Waals surface area contributed by atoms with Gasteiger partial charge in [-0.05, 0) is 0 Å². The Hall–Kier alpha value is -1.76. The van der Waals surface area contributed by atoms with Crippen LogP contribution in [0.1, 0.15) is 23.4 Å². The summed E-state index contributed by atoms with van der Waals surface area (Å²) in [5.74, 6) is -0.752. The van der Waals surface area contributed by atoms with E-state index >= 15 is 0 Å². The maximum atomic E-state index is 12.7. The van der Waals surface area contributed by atoms with Gasteiger partial charge in [0.25, 0.3) is 6.43 Å². The van der Waals surface area contributed by atoms with E-state index in [1.807, 2.05) is 0 Å². The number of alkyl halides is 2. The van der Waals surface area contributed by atoms with Crippen LogP contribution in [-0.2, 0) is 22.5 Å². The lowest BCUT2D eigenvalue weighted by Crippen LogP contribution is -2.21. The number of halogens is 2. The summed E-state index contributed by atoms with van der Waals surface area (Å²) in [4.78, 5) is 24.9. The summed E-state index contributed by atoms with van der Waals surface area (Å²) in [5.41, 5.74) is 3.94. The van der Waals surface area contributed by atoms with E-state index in [2.05, 4.69) is 9.72 Å². The zero-order chi connectivity index (χ0) is 13.0. The summed E-state index contributed by atoms with van der Waals surface area (Å²) < 4.78 is 29.8. The molecule has 1 aromatic rings. The van der Waals surface area contributed by atoms with Crippen LogP contribution in [0.3, 0.4) is 0 Å². The number of carbonyl (C=O) groups is 1. The minimum atomic E-state index is -2.88. The van der Waals surface area contributed by atoms with Crippen LogP contribution in [-0.4, -0.2) is 18.1 Å². The Morgan fingerprint density at radius 1 is 1.59 bits per heavy atom. The molecule has 1 rings (SSSR count). The highest BCUT2D eigenvalue weighted by atomic mass is 19.3. The monoisotopic (exact) mass is 246 g/mol. The van der Waals surface area contributed by atoms with Gasteiger partial charge in [-0.25, -0.2) is 8.78 Å². The molecule has 94 valence electrons. The van der Waals surface area contributed by atoms with Crippen molar-refractivity contribution in [1.29, 1.82) is 0 Å². The maximum Gasteiger partial charge on any atom is 0.310 e. The van der Waals surface area contributed by atoms with Crippen LogP contribution < -0.4 is 11.2 Å². The van der Waals surface area contributed by atoms with Crippen molar-refractivity contribution >= 4 is 5.97 Å². The highest BCUT2D eigenvalue weighted by molar-refractivity contribution is 5.72. The van der Waals surface area contributed by atoms with Crippen molar-refractivity contribution in [2.45, 2.75) is 19.4 Å². The van der Waals surface area contributed by atoms with Crippen LogP contribution in [0.5, 0.6) is 0 Å². The number of esters is 1. The van der Waals surface area contributed by atoms with Crippen molar-refractivity contribution in [1.82, 2.24) is 4.98 Å². The number of aromatic amines is 1. The predicted molar refractivity (Wildman–Crippen MR) is 55.6 cm³/mol. The lowest BCUT2D eigenvalue weighted by Gasteiger charge is -2.09. The van der Waals surface area contributed by atoms with Crippen LogP contribution in [0.25, 0.3) is 0 Å². The van der Waals surface area contributed by atoms with Crippen molar-refractivity contribution < 1.29 is 18.3 Å². The number of pyridine rings is 1. The third kappa shape index (κ3) is 3.10. The Bertz CT molecular complexity index is 471. The maximum absolute atomic E-state index is 12.7. The summed E-state index contributed by atoms with van der Waals surface area (Å²) in [5, 5.41) is 0. The second kappa shape index (κ2) is 5.53. The Morgan fingerprint density at radius 2 is 2.24 bits per heavy atom. The molecule has 0 saturated carbocycles. The molecule has 0 fully saturated rings. The number of ether oxygens (including phenoxy) is 1. The van der Waals surface area contributed by atoms with Crippen molar-refractivity contribution in [3.8, 4) is 0 Å². The van der Waals surface area contributed by atoms with Crippen molar-refractivity contribution in [3.63, 3.8) is 0 Å². The Morgan fingerprint density at radius 3 is 2.71 bits per heavy atom. The van der Waals surface area contributed by atoms with E-state index in [9.17, 15) is 18.4 Å². The molecule has 0 aromatic carbocycles. The number of carbonyl (C=O) groups excluding carboxylic acids is 1. The van der Waals surface area contributed by atoms with Gasteiger partial charge in [0.15, 0.2) is 5.43 Å². The molecule has 5 nitrogen and oxygen atoms in total. The van der Waals surface area contributed by atoms with Crippen LogP contribution in [0.2, 0.25) is 0 Å². The molecule has 0 amide bonds. The Labute approximate surface area is 95.6 Å². The average molecular weight is 246 g/mol. The van der Waals surface area contributed by atoms with E-state index in [1.165, 1.54) is 0 Å². The molecule has 0 bridgehead atoms. The lowest BCUT2D eigenvalue weighted by atomic mass is 10.1. The number of aromatic nitrogens is 1. The first-order chi connectivity index (χ1) is 7.99. The molecular formula is C10H12F2N2O3. The smallest absolute Gasteiger partial charge is 0.310 e. The summed E-state index contributed by atoms with van der Waals surface area (Å²) in [7, 11) is 1.12. The number of H-pyrrole nitrogens is 1. The topological polar surface area (TPSA) is 85.2 Å². The normalized spacial score (nSPS) is 10.6. The summed E-state index contributed by atoms with van der Waals surface area (Å²) in [6.45, 7) is -0.0620.